The Morgan fingerprint density at radius 2 is 1.27 bits per heavy atom. The Labute approximate surface area is 293 Å². The first-order chi connectivity index (χ1) is 24.8. The SMILES string of the molecule is Fc1ccc(C2CCCCN2c2ccnc3ccc(-c4cn(C(c5ccccc5)(c5ccccc5)c5ccccc5)nc4C(F)(F)F)cc23)cc1. The maximum Gasteiger partial charge on any atom is 0.435 e. The van der Waals surface area contributed by atoms with Crippen molar-refractivity contribution in [3.63, 3.8) is 0 Å². The molecule has 254 valence electrons. The van der Waals surface area contributed by atoms with Crippen LogP contribution in [0.1, 0.15) is 53.3 Å². The van der Waals surface area contributed by atoms with E-state index >= 15 is 13.2 Å². The smallest absolute Gasteiger partial charge is 0.364 e. The first kappa shape index (κ1) is 32.4. The third-order valence-electron chi connectivity index (χ3n) is 10.00. The van der Waals surface area contributed by atoms with Crippen molar-refractivity contribution in [1.82, 2.24) is 14.8 Å². The molecule has 0 saturated carbocycles. The molecule has 51 heavy (non-hydrogen) atoms. The molecule has 0 amide bonds. The fourth-order valence-electron chi connectivity index (χ4n) is 7.70. The maximum atomic E-state index is 15.2. The van der Waals surface area contributed by atoms with Gasteiger partial charge in [0.05, 0.1) is 11.6 Å². The van der Waals surface area contributed by atoms with E-state index in [4.69, 9.17) is 0 Å². The Hall–Kier alpha value is -5.76. The van der Waals surface area contributed by atoms with E-state index in [9.17, 15) is 4.39 Å². The Morgan fingerprint density at radius 3 is 1.86 bits per heavy atom. The summed E-state index contributed by atoms with van der Waals surface area (Å²) in [6.07, 6.45) is 1.39. The van der Waals surface area contributed by atoms with Gasteiger partial charge in [-0.25, -0.2) is 4.39 Å². The van der Waals surface area contributed by atoms with Crippen LogP contribution in [0.3, 0.4) is 0 Å². The van der Waals surface area contributed by atoms with Gasteiger partial charge in [0.15, 0.2) is 5.69 Å². The van der Waals surface area contributed by atoms with Gasteiger partial charge in [-0.2, -0.15) is 18.3 Å². The van der Waals surface area contributed by atoms with Crippen molar-refractivity contribution >= 4 is 16.6 Å². The molecule has 8 heteroatoms. The molecule has 0 spiro atoms. The van der Waals surface area contributed by atoms with Gasteiger partial charge in [-0.05, 0) is 77.4 Å². The lowest BCUT2D eigenvalue weighted by Crippen LogP contribution is -2.38. The Morgan fingerprint density at radius 1 is 0.667 bits per heavy atom. The van der Waals surface area contributed by atoms with Crippen molar-refractivity contribution in [3.05, 3.63) is 186 Å². The fraction of sp³-hybridized carbons (Fsp3) is 0.163. The molecule has 1 unspecified atom stereocenters. The minimum absolute atomic E-state index is 0.00896. The Balaban J connectivity index is 1.34. The van der Waals surface area contributed by atoms with Crippen LogP contribution in [0.25, 0.3) is 22.0 Å². The van der Waals surface area contributed by atoms with Gasteiger partial charge in [0.2, 0.25) is 0 Å². The minimum Gasteiger partial charge on any atom is -0.364 e. The maximum absolute atomic E-state index is 15.2. The number of hydrogen-bond donors (Lipinski definition) is 0. The molecule has 4 nitrogen and oxygen atoms in total. The Kier molecular flexibility index (Phi) is 8.38. The van der Waals surface area contributed by atoms with Gasteiger partial charge in [0.1, 0.15) is 11.4 Å². The predicted molar refractivity (Wildman–Crippen MR) is 193 cm³/mol. The van der Waals surface area contributed by atoms with Crippen LogP contribution in [0.4, 0.5) is 23.2 Å². The predicted octanol–water partition coefficient (Wildman–Crippen LogP) is 10.8. The van der Waals surface area contributed by atoms with E-state index in [-0.39, 0.29) is 17.4 Å². The second-order valence-electron chi connectivity index (χ2n) is 13.0. The van der Waals surface area contributed by atoms with E-state index in [2.05, 4.69) is 15.0 Å². The van der Waals surface area contributed by atoms with Gasteiger partial charge in [-0.3, -0.25) is 9.67 Å². The van der Waals surface area contributed by atoms with Crippen LogP contribution in [-0.4, -0.2) is 21.3 Å². The van der Waals surface area contributed by atoms with Crippen molar-refractivity contribution in [2.24, 2.45) is 0 Å². The minimum atomic E-state index is -4.75. The van der Waals surface area contributed by atoms with E-state index in [1.807, 2.05) is 109 Å². The van der Waals surface area contributed by atoms with Crippen LogP contribution in [0.15, 0.2) is 152 Å². The van der Waals surface area contributed by atoms with Crippen molar-refractivity contribution in [2.75, 3.05) is 11.4 Å². The van der Waals surface area contributed by atoms with E-state index in [0.29, 0.717) is 11.1 Å². The summed E-state index contributed by atoms with van der Waals surface area (Å²) in [7, 11) is 0. The molecular formula is C43H34F4N4. The summed E-state index contributed by atoms with van der Waals surface area (Å²) >= 11 is 0. The topological polar surface area (TPSA) is 34.0 Å². The first-order valence-corrected chi connectivity index (χ1v) is 17.1. The molecule has 3 heterocycles. The van der Waals surface area contributed by atoms with E-state index in [1.54, 1.807) is 24.4 Å². The van der Waals surface area contributed by atoms with Gasteiger partial charge < -0.3 is 4.90 Å². The van der Waals surface area contributed by atoms with Crippen LogP contribution in [-0.2, 0) is 11.7 Å². The van der Waals surface area contributed by atoms with Gasteiger partial charge in [0, 0.05) is 35.6 Å². The molecule has 2 aromatic heterocycles. The van der Waals surface area contributed by atoms with Gasteiger partial charge in [-0.1, -0.05) is 109 Å². The lowest BCUT2D eigenvalue weighted by molar-refractivity contribution is -0.141. The second kappa shape index (κ2) is 13.2. The number of rotatable bonds is 7. The molecule has 1 fully saturated rings. The van der Waals surface area contributed by atoms with Crippen LogP contribution >= 0.6 is 0 Å². The molecule has 1 atom stereocenters. The zero-order chi connectivity index (χ0) is 35.0. The second-order valence-corrected chi connectivity index (χ2v) is 13.0. The molecule has 7 aromatic rings. The third-order valence-corrected chi connectivity index (χ3v) is 10.00. The van der Waals surface area contributed by atoms with Crippen LogP contribution in [0.2, 0.25) is 0 Å². The quantitative estimate of drug-likeness (QED) is 0.124. The van der Waals surface area contributed by atoms with E-state index in [1.165, 1.54) is 23.0 Å². The van der Waals surface area contributed by atoms with Gasteiger partial charge >= 0.3 is 6.18 Å². The largest absolute Gasteiger partial charge is 0.435 e. The monoisotopic (exact) mass is 682 g/mol. The van der Waals surface area contributed by atoms with Crippen LogP contribution < -0.4 is 4.90 Å². The summed E-state index contributed by atoms with van der Waals surface area (Å²) in [5.41, 5.74) is 3.03. The van der Waals surface area contributed by atoms with Crippen molar-refractivity contribution in [2.45, 2.75) is 37.0 Å². The molecule has 1 aliphatic rings. The highest BCUT2D eigenvalue weighted by molar-refractivity contribution is 5.95. The number of pyridine rings is 1. The van der Waals surface area contributed by atoms with Crippen LogP contribution in [0, 0.1) is 5.82 Å². The summed E-state index contributed by atoms with van der Waals surface area (Å²) < 4.78 is 60.9. The fourth-order valence-corrected chi connectivity index (χ4v) is 7.70. The number of benzene rings is 5. The van der Waals surface area contributed by atoms with Crippen LogP contribution in [0.5, 0.6) is 0 Å². The lowest BCUT2D eigenvalue weighted by Gasteiger charge is -2.38. The molecule has 0 aliphatic carbocycles. The number of alkyl halides is 3. The van der Waals surface area contributed by atoms with Crippen molar-refractivity contribution in [1.29, 1.82) is 0 Å². The molecule has 5 aromatic carbocycles. The number of hydrogen-bond acceptors (Lipinski definition) is 3. The number of halogens is 4. The Bertz CT molecular complexity index is 2170. The summed E-state index contributed by atoms with van der Waals surface area (Å²) in [5.74, 6) is -0.295. The molecule has 0 radical (unpaired) electrons. The summed E-state index contributed by atoms with van der Waals surface area (Å²) in [6, 6.07) is 42.4. The standard InChI is InChI=1S/C43H34F4N4/c44-35-22-19-30(20-23-35)39-18-10-11-27-50(39)40-25-26-48-38-24-21-31(28-36(38)40)37-29-51(49-41(37)43(45,46)47)42(32-12-4-1-5-13-32,33-14-6-2-7-15-33)34-16-8-3-9-17-34/h1-9,12-17,19-26,28-29,39H,10-11,18,27H2. The number of nitrogens with zero attached hydrogens (tertiary/aromatic N) is 4. The first-order valence-electron chi connectivity index (χ1n) is 17.1. The van der Waals surface area contributed by atoms with Gasteiger partial charge in [0.25, 0.3) is 0 Å². The molecular weight excluding hydrogens is 648 g/mol. The summed E-state index contributed by atoms with van der Waals surface area (Å²) in [4.78, 5) is 6.88. The lowest BCUT2D eigenvalue weighted by atomic mass is 9.77. The summed E-state index contributed by atoms with van der Waals surface area (Å²) in [6.45, 7) is 0.755. The molecule has 8 rings (SSSR count). The van der Waals surface area contributed by atoms with Crippen molar-refractivity contribution < 1.29 is 17.6 Å². The number of anilines is 1. The highest BCUT2D eigenvalue weighted by Crippen LogP contribution is 2.45. The molecule has 1 aliphatic heterocycles. The molecule has 0 bridgehead atoms. The zero-order valence-electron chi connectivity index (χ0n) is 27.6. The average molecular weight is 683 g/mol. The van der Waals surface area contributed by atoms with E-state index in [0.717, 1.165) is 59.1 Å². The van der Waals surface area contributed by atoms with Crippen molar-refractivity contribution in [3.8, 4) is 11.1 Å². The molecule has 1 saturated heterocycles. The summed E-state index contributed by atoms with van der Waals surface area (Å²) in [5, 5.41) is 5.19. The highest BCUT2D eigenvalue weighted by Gasteiger charge is 2.44. The number of fused-ring (bicyclic) bond motifs is 1. The van der Waals surface area contributed by atoms with E-state index < -0.39 is 17.4 Å². The zero-order valence-corrected chi connectivity index (χ0v) is 27.6. The molecule has 0 N–H and O–H groups in total. The highest BCUT2D eigenvalue weighted by atomic mass is 19.4. The number of piperidine rings is 1. The normalized spacial score (nSPS) is 15.3. The number of aromatic nitrogens is 3. The average Bonchev–Trinajstić information content (AvgIpc) is 3.63. The van der Waals surface area contributed by atoms with Gasteiger partial charge in [-0.15, -0.1) is 0 Å². The third kappa shape index (κ3) is 5.84.